The summed E-state index contributed by atoms with van der Waals surface area (Å²) >= 11 is 0. The van der Waals surface area contributed by atoms with E-state index in [4.69, 9.17) is 14.2 Å². The van der Waals surface area contributed by atoms with Gasteiger partial charge in [0.1, 0.15) is 12.4 Å². The molecule has 1 heterocycles. The van der Waals surface area contributed by atoms with E-state index in [9.17, 15) is 8.78 Å². The third-order valence-electron chi connectivity index (χ3n) is 3.94. The van der Waals surface area contributed by atoms with Crippen molar-refractivity contribution >= 4 is 29.9 Å². The molecule has 2 rings (SSSR count). The highest BCUT2D eigenvalue weighted by Crippen LogP contribution is 2.15. The number of benzene rings is 1. The van der Waals surface area contributed by atoms with Crippen molar-refractivity contribution in [2.45, 2.75) is 32.3 Å². The second kappa shape index (κ2) is 14.7. The Kier molecular flexibility index (Phi) is 13.1. The van der Waals surface area contributed by atoms with Gasteiger partial charge in [-0.1, -0.05) is 0 Å². The lowest BCUT2D eigenvalue weighted by molar-refractivity contribution is 0.0171. The van der Waals surface area contributed by atoms with Crippen molar-refractivity contribution in [3.05, 3.63) is 29.8 Å². The molecule has 0 spiro atoms. The predicted molar refractivity (Wildman–Crippen MR) is 116 cm³/mol. The number of ether oxygens (including phenoxy) is 3. The van der Waals surface area contributed by atoms with Gasteiger partial charge < -0.3 is 24.8 Å². The molecule has 9 heteroatoms. The molecule has 28 heavy (non-hydrogen) atoms. The van der Waals surface area contributed by atoms with E-state index in [0.29, 0.717) is 44.6 Å². The van der Waals surface area contributed by atoms with Crippen molar-refractivity contribution in [2.24, 2.45) is 4.99 Å². The number of rotatable bonds is 11. The van der Waals surface area contributed by atoms with Crippen LogP contribution in [-0.4, -0.2) is 58.1 Å². The average molecular weight is 513 g/mol. The molecular weight excluding hydrogens is 483 g/mol. The zero-order chi connectivity index (χ0) is 19.3. The number of nitrogens with zero attached hydrogens (tertiary/aromatic N) is 1. The highest BCUT2D eigenvalue weighted by molar-refractivity contribution is 14.0. The minimum atomic E-state index is -0.919. The third kappa shape index (κ3) is 9.83. The monoisotopic (exact) mass is 513 g/mol. The zero-order valence-corrected chi connectivity index (χ0v) is 18.5. The molecule has 0 aromatic heterocycles. The van der Waals surface area contributed by atoms with Gasteiger partial charge in [-0.3, -0.25) is 4.99 Å². The molecule has 0 amide bonds. The minimum Gasteiger partial charge on any atom is -0.492 e. The highest BCUT2D eigenvalue weighted by Gasteiger charge is 2.14. The van der Waals surface area contributed by atoms with Crippen LogP contribution in [0.4, 0.5) is 8.78 Å². The Morgan fingerprint density at radius 1 is 1.25 bits per heavy atom. The molecule has 0 saturated carbocycles. The lowest BCUT2D eigenvalue weighted by Gasteiger charge is -2.12. The van der Waals surface area contributed by atoms with Crippen LogP contribution in [-0.2, 0) is 9.47 Å². The van der Waals surface area contributed by atoms with Gasteiger partial charge in [0.15, 0.2) is 17.6 Å². The quantitative estimate of drug-likeness (QED) is 0.206. The first-order chi connectivity index (χ1) is 13.2. The summed E-state index contributed by atoms with van der Waals surface area (Å²) in [5.74, 6) is -0.828. The number of hydrogen-bond donors (Lipinski definition) is 2. The molecule has 1 unspecified atom stereocenters. The number of hydrogen-bond acceptors (Lipinski definition) is 4. The van der Waals surface area contributed by atoms with Crippen molar-refractivity contribution in [3.8, 4) is 5.75 Å². The van der Waals surface area contributed by atoms with Crippen molar-refractivity contribution in [2.75, 3.05) is 46.1 Å². The number of aliphatic imine (C=N–C) groups is 1. The van der Waals surface area contributed by atoms with Crippen LogP contribution in [0.5, 0.6) is 5.75 Å². The normalized spacial score (nSPS) is 16.5. The van der Waals surface area contributed by atoms with Gasteiger partial charge in [-0.25, -0.2) is 8.78 Å². The van der Waals surface area contributed by atoms with Gasteiger partial charge >= 0.3 is 0 Å². The van der Waals surface area contributed by atoms with Crippen molar-refractivity contribution in [1.82, 2.24) is 10.6 Å². The Morgan fingerprint density at radius 2 is 2.11 bits per heavy atom. The largest absolute Gasteiger partial charge is 0.492 e. The van der Waals surface area contributed by atoms with Gasteiger partial charge in [-0.05, 0) is 38.3 Å². The van der Waals surface area contributed by atoms with Gasteiger partial charge in [0, 0.05) is 32.4 Å². The van der Waals surface area contributed by atoms with E-state index in [-0.39, 0.29) is 30.1 Å². The molecule has 160 valence electrons. The molecule has 1 atom stereocenters. The Hall–Kier alpha value is -1.20. The van der Waals surface area contributed by atoms with Gasteiger partial charge in [0.2, 0.25) is 0 Å². The Balaban J connectivity index is 0.00000392. The van der Waals surface area contributed by atoms with Crippen LogP contribution in [0.1, 0.15) is 26.2 Å². The van der Waals surface area contributed by atoms with Gasteiger partial charge in [-0.2, -0.15) is 0 Å². The lowest BCUT2D eigenvalue weighted by Crippen LogP contribution is -2.39. The third-order valence-corrected chi connectivity index (χ3v) is 3.94. The molecular formula is C19H30F2IN3O3. The average Bonchev–Trinajstić information content (AvgIpc) is 3.17. The number of guanidine groups is 1. The molecule has 1 aliphatic heterocycles. The summed E-state index contributed by atoms with van der Waals surface area (Å²) in [6, 6.07) is 3.48. The smallest absolute Gasteiger partial charge is 0.191 e. The summed E-state index contributed by atoms with van der Waals surface area (Å²) in [5, 5.41) is 6.28. The van der Waals surface area contributed by atoms with Crippen LogP contribution < -0.4 is 15.4 Å². The molecule has 1 aromatic carbocycles. The van der Waals surface area contributed by atoms with Crippen LogP contribution in [0.3, 0.4) is 0 Å². The van der Waals surface area contributed by atoms with E-state index >= 15 is 0 Å². The maximum absolute atomic E-state index is 13.1. The standard InChI is InChI=1S/C19H29F2N3O3.HI/c1-2-22-19(23-8-4-10-25-14-16-5-3-11-26-16)24-9-12-27-15-6-7-17(20)18(21)13-15;/h6-7,13,16H,2-5,8-12,14H2,1H3,(H2,22,23,24);1H. The van der Waals surface area contributed by atoms with Gasteiger partial charge in [0.05, 0.1) is 19.3 Å². The first-order valence-corrected chi connectivity index (χ1v) is 9.48. The summed E-state index contributed by atoms with van der Waals surface area (Å²) in [7, 11) is 0. The first kappa shape index (κ1) is 24.8. The fraction of sp³-hybridized carbons (Fsp3) is 0.632. The summed E-state index contributed by atoms with van der Waals surface area (Å²) in [5.41, 5.74) is 0. The lowest BCUT2D eigenvalue weighted by atomic mass is 10.2. The van der Waals surface area contributed by atoms with E-state index < -0.39 is 11.6 Å². The van der Waals surface area contributed by atoms with Gasteiger partial charge in [-0.15, -0.1) is 24.0 Å². The summed E-state index contributed by atoms with van der Waals surface area (Å²) in [4.78, 5) is 4.47. The Morgan fingerprint density at radius 3 is 2.82 bits per heavy atom. The minimum absolute atomic E-state index is 0. The maximum Gasteiger partial charge on any atom is 0.191 e. The van der Waals surface area contributed by atoms with Crippen LogP contribution in [0, 0.1) is 11.6 Å². The second-order valence-electron chi connectivity index (χ2n) is 6.18. The molecule has 1 saturated heterocycles. The summed E-state index contributed by atoms with van der Waals surface area (Å²) in [6.07, 6.45) is 3.28. The number of nitrogens with one attached hydrogen (secondary N) is 2. The van der Waals surface area contributed by atoms with Crippen LogP contribution in [0.2, 0.25) is 0 Å². The molecule has 1 aromatic rings. The fourth-order valence-corrected chi connectivity index (χ4v) is 2.59. The fourth-order valence-electron chi connectivity index (χ4n) is 2.59. The SMILES string of the molecule is CCNC(=NCCCOCC1CCCO1)NCCOc1ccc(F)c(F)c1.I. The van der Waals surface area contributed by atoms with Crippen LogP contribution in [0.15, 0.2) is 23.2 Å². The van der Waals surface area contributed by atoms with Crippen molar-refractivity contribution < 1.29 is 23.0 Å². The van der Waals surface area contributed by atoms with Crippen LogP contribution >= 0.6 is 24.0 Å². The zero-order valence-electron chi connectivity index (χ0n) is 16.2. The van der Waals surface area contributed by atoms with E-state index in [2.05, 4.69) is 15.6 Å². The van der Waals surface area contributed by atoms with E-state index in [1.165, 1.54) is 6.07 Å². The molecule has 6 nitrogen and oxygen atoms in total. The predicted octanol–water partition coefficient (Wildman–Crippen LogP) is 3.10. The summed E-state index contributed by atoms with van der Waals surface area (Å²) < 4.78 is 42.5. The Bertz CT molecular complexity index is 588. The van der Waals surface area contributed by atoms with Crippen molar-refractivity contribution in [3.63, 3.8) is 0 Å². The van der Waals surface area contributed by atoms with E-state index in [0.717, 1.165) is 44.5 Å². The molecule has 0 bridgehead atoms. The van der Waals surface area contributed by atoms with Crippen molar-refractivity contribution in [1.29, 1.82) is 0 Å². The highest BCUT2D eigenvalue weighted by atomic mass is 127. The van der Waals surface area contributed by atoms with Crippen LogP contribution in [0.25, 0.3) is 0 Å². The number of halogens is 3. The molecule has 1 fully saturated rings. The molecule has 1 aliphatic rings. The first-order valence-electron chi connectivity index (χ1n) is 9.48. The topological polar surface area (TPSA) is 64.1 Å². The molecule has 0 aliphatic carbocycles. The van der Waals surface area contributed by atoms with Gasteiger partial charge in [0.25, 0.3) is 0 Å². The molecule has 2 N–H and O–H groups in total. The van der Waals surface area contributed by atoms with E-state index in [1.54, 1.807) is 0 Å². The second-order valence-corrected chi connectivity index (χ2v) is 6.18. The summed E-state index contributed by atoms with van der Waals surface area (Å²) in [6.45, 7) is 6.32. The Labute approximate surface area is 182 Å². The van der Waals surface area contributed by atoms with E-state index in [1.807, 2.05) is 6.92 Å². The molecule has 0 radical (unpaired) electrons. The maximum atomic E-state index is 13.1.